The molecule has 0 saturated heterocycles. The second-order valence-corrected chi connectivity index (χ2v) is 6.00. The highest BCUT2D eigenvalue weighted by atomic mass is 32.3. The van der Waals surface area contributed by atoms with Gasteiger partial charge in [-0.25, -0.2) is 0 Å². The van der Waals surface area contributed by atoms with Crippen LogP contribution in [0.25, 0.3) is 0 Å². The van der Waals surface area contributed by atoms with Gasteiger partial charge in [-0.05, 0) is 6.92 Å². The topological polar surface area (TPSA) is 207 Å². The fraction of sp³-hybridized carbons (Fsp3) is 0.667. The van der Waals surface area contributed by atoms with Crippen molar-refractivity contribution in [3.05, 3.63) is 11.7 Å². The number of carboxylic acids is 1. The maximum Gasteiger partial charge on any atom is 0.325 e. The number of hydrogen-bond acceptors (Lipinski definition) is 11. The van der Waals surface area contributed by atoms with Crippen LogP contribution in [0.15, 0.2) is 4.52 Å². The lowest BCUT2D eigenvalue weighted by Crippen LogP contribution is -2.48. The molecule has 0 amide bonds. The van der Waals surface area contributed by atoms with Crippen LogP contribution in [-0.2, 0) is 11.3 Å². The Morgan fingerprint density at radius 3 is 2.64 bits per heavy atom. The Labute approximate surface area is 126 Å². The van der Waals surface area contributed by atoms with Gasteiger partial charge in [0, 0.05) is 0 Å². The summed E-state index contributed by atoms with van der Waals surface area (Å²) >= 11 is 0. The third kappa shape index (κ3) is 5.47. The van der Waals surface area contributed by atoms with Gasteiger partial charge < -0.3 is 25.6 Å². The number of carboxylic acid groups (broad SMARTS) is 1. The van der Waals surface area contributed by atoms with Gasteiger partial charge >= 0.3 is 5.97 Å². The predicted octanol–water partition coefficient (Wildman–Crippen LogP) is -1.84. The number of nitrogens with one attached hydrogen (secondary N) is 2. The Bertz CT molecular complexity index is 496. The molecule has 9 N–H and O–H groups in total. The predicted molar refractivity (Wildman–Crippen MR) is 74.2 cm³/mol. The Kier molecular flexibility index (Phi) is 6.64. The van der Waals surface area contributed by atoms with E-state index in [4.69, 9.17) is 20.5 Å². The second-order valence-electron chi connectivity index (χ2n) is 4.38. The Balaban J connectivity index is 2.61. The molecule has 128 valence electrons. The third-order valence-electron chi connectivity index (χ3n) is 2.48. The van der Waals surface area contributed by atoms with E-state index in [0.29, 0.717) is 0 Å². The van der Waals surface area contributed by atoms with Crippen LogP contribution in [-0.4, -0.2) is 59.3 Å². The van der Waals surface area contributed by atoms with Gasteiger partial charge in [-0.1, -0.05) is 16.1 Å². The Morgan fingerprint density at radius 2 is 2.14 bits per heavy atom. The number of nitrogens with zero attached hydrogens (tertiary/aromatic N) is 2. The molecule has 0 spiro atoms. The summed E-state index contributed by atoms with van der Waals surface area (Å²) in [6.07, 6.45) is -1.36. The molecule has 1 aromatic heterocycles. The average molecular weight is 341 g/mol. The molecule has 1 heterocycles. The zero-order valence-corrected chi connectivity index (χ0v) is 12.4. The minimum atomic E-state index is -3.73. The highest BCUT2D eigenvalue weighted by Crippen LogP contribution is 2.29. The maximum atomic E-state index is 10.9. The van der Waals surface area contributed by atoms with E-state index in [1.54, 1.807) is 0 Å². The molecule has 0 aliphatic rings. The first kappa shape index (κ1) is 18.7. The van der Waals surface area contributed by atoms with Crippen LogP contribution in [0.1, 0.15) is 24.7 Å². The number of aliphatic hydroxyl groups is 2. The highest BCUT2D eigenvalue weighted by Gasteiger charge is 2.28. The van der Waals surface area contributed by atoms with Crippen LogP contribution >= 0.6 is 11.0 Å². The van der Waals surface area contributed by atoms with Crippen LogP contribution in [0.3, 0.4) is 0 Å². The van der Waals surface area contributed by atoms with Gasteiger partial charge in [-0.15, -0.1) is 0 Å². The number of rotatable bonds is 9. The standard InChI is InChI=1S/C9H19N5O7S/c1-4(16)7(9(17)18)14-22(19,20)11-2-6-12-8(13-21-6)5(10)3-15/h4-5,7,11,14-16,19-20H,2-3,10H2,1H3,(H,17,18). The lowest BCUT2D eigenvalue weighted by atomic mass is 10.2. The molecule has 0 aliphatic carbocycles. The van der Waals surface area contributed by atoms with Crippen molar-refractivity contribution in [3.8, 4) is 0 Å². The van der Waals surface area contributed by atoms with Crippen LogP contribution in [0.5, 0.6) is 0 Å². The molecule has 0 aromatic carbocycles. The summed E-state index contributed by atoms with van der Waals surface area (Å²) in [5.74, 6) is -1.47. The van der Waals surface area contributed by atoms with E-state index >= 15 is 0 Å². The summed E-state index contributed by atoms with van der Waals surface area (Å²) in [6, 6.07) is -2.42. The van der Waals surface area contributed by atoms with Crippen LogP contribution in [0.4, 0.5) is 0 Å². The van der Waals surface area contributed by atoms with Crippen molar-refractivity contribution in [2.75, 3.05) is 6.61 Å². The monoisotopic (exact) mass is 341 g/mol. The SMILES string of the molecule is CC(O)C(NS(O)(O)NCc1nc(C(N)CO)no1)C(=O)O. The van der Waals surface area contributed by atoms with E-state index in [0.717, 1.165) is 0 Å². The molecule has 3 unspecified atom stereocenters. The summed E-state index contributed by atoms with van der Waals surface area (Å²) in [5.41, 5.74) is 5.47. The van der Waals surface area contributed by atoms with E-state index in [-0.39, 0.29) is 18.3 Å². The fourth-order valence-electron chi connectivity index (χ4n) is 1.31. The number of hydrogen-bond donors (Lipinski definition) is 8. The van der Waals surface area contributed by atoms with Crippen molar-refractivity contribution in [3.63, 3.8) is 0 Å². The lowest BCUT2D eigenvalue weighted by molar-refractivity contribution is -0.141. The normalized spacial score (nSPS) is 17.0. The van der Waals surface area contributed by atoms with E-state index in [2.05, 4.69) is 14.9 Å². The van der Waals surface area contributed by atoms with Crippen molar-refractivity contribution in [1.82, 2.24) is 19.6 Å². The van der Waals surface area contributed by atoms with Gasteiger partial charge in [-0.3, -0.25) is 13.9 Å². The van der Waals surface area contributed by atoms with Gasteiger partial charge in [0.2, 0.25) is 5.89 Å². The zero-order valence-electron chi connectivity index (χ0n) is 11.6. The van der Waals surface area contributed by atoms with Gasteiger partial charge in [0.15, 0.2) is 5.82 Å². The Morgan fingerprint density at radius 1 is 1.50 bits per heavy atom. The highest BCUT2D eigenvalue weighted by molar-refractivity contribution is 8.21. The smallest absolute Gasteiger partial charge is 0.325 e. The number of nitrogens with two attached hydrogens (primary N) is 1. The summed E-state index contributed by atoms with van der Waals surface area (Å²) in [7, 11) is -3.73. The summed E-state index contributed by atoms with van der Waals surface area (Å²) < 4.78 is 28.3. The van der Waals surface area contributed by atoms with E-state index in [1.807, 2.05) is 4.72 Å². The molecular formula is C9H19N5O7S. The van der Waals surface area contributed by atoms with Gasteiger partial charge in [-0.2, -0.15) is 14.4 Å². The zero-order chi connectivity index (χ0) is 16.9. The van der Waals surface area contributed by atoms with Crippen molar-refractivity contribution in [2.24, 2.45) is 5.73 Å². The average Bonchev–Trinajstić information content (AvgIpc) is 2.90. The summed E-state index contributed by atoms with van der Waals surface area (Å²) in [6.45, 7) is 0.492. The van der Waals surface area contributed by atoms with Crippen molar-refractivity contribution < 1.29 is 33.7 Å². The molecule has 0 saturated carbocycles. The van der Waals surface area contributed by atoms with Gasteiger partial charge in [0.25, 0.3) is 0 Å². The molecule has 0 bridgehead atoms. The molecule has 0 aliphatic heterocycles. The van der Waals surface area contributed by atoms with E-state index in [1.165, 1.54) is 6.92 Å². The molecule has 13 heteroatoms. The fourth-order valence-corrected chi connectivity index (χ4v) is 2.37. The van der Waals surface area contributed by atoms with Crippen molar-refractivity contribution in [2.45, 2.75) is 31.7 Å². The minimum Gasteiger partial charge on any atom is -0.480 e. The number of aliphatic carboxylic acids is 1. The maximum absolute atomic E-state index is 10.9. The molecule has 0 radical (unpaired) electrons. The van der Waals surface area contributed by atoms with Crippen LogP contribution < -0.4 is 15.2 Å². The number of aliphatic hydroxyl groups excluding tert-OH is 2. The van der Waals surface area contributed by atoms with Crippen LogP contribution in [0.2, 0.25) is 0 Å². The molecule has 0 fully saturated rings. The summed E-state index contributed by atoms with van der Waals surface area (Å²) in [4.78, 5) is 14.7. The molecule has 3 atom stereocenters. The van der Waals surface area contributed by atoms with Gasteiger partial charge in [0.1, 0.15) is 6.04 Å². The van der Waals surface area contributed by atoms with Crippen LogP contribution in [0, 0.1) is 0 Å². The first-order valence-corrected chi connectivity index (χ1v) is 7.61. The van der Waals surface area contributed by atoms with E-state index < -0.39 is 41.7 Å². The summed E-state index contributed by atoms with van der Waals surface area (Å²) in [5, 5.41) is 30.4. The molecule has 1 rings (SSSR count). The van der Waals surface area contributed by atoms with Crippen molar-refractivity contribution in [1.29, 1.82) is 0 Å². The quantitative estimate of drug-likeness (QED) is 0.249. The Hall–Kier alpha value is -1.32. The first-order chi connectivity index (χ1) is 10.2. The molecule has 22 heavy (non-hydrogen) atoms. The molecular weight excluding hydrogens is 322 g/mol. The third-order valence-corrected chi connectivity index (χ3v) is 3.61. The molecule has 12 nitrogen and oxygen atoms in total. The van der Waals surface area contributed by atoms with E-state index in [9.17, 15) is 19.0 Å². The lowest BCUT2D eigenvalue weighted by Gasteiger charge is -2.35. The second kappa shape index (κ2) is 7.80. The minimum absolute atomic E-state index is 0.0381. The first-order valence-electron chi connectivity index (χ1n) is 6.06. The molecule has 1 aromatic rings. The number of aromatic nitrogens is 2. The van der Waals surface area contributed by atoms with Crippen molar-refractivity contribution >= 4 is 16.9 Å². The van der Waals surface area contributed by atoms with Gasteiger partial charge in [0.05, 0.1) is 25.3 Å². The number of carbonyl (C=O) groups is 1. The largest absolute Gasteiger partial charge is 0.480 e.